The Hall–Kier alpha value is -2.78. The predicted molar refractivity (Wildman–Crippen MR) is 102 cm³/mol. The van der Waals surface area contributed by atoms with E-state index in [1.807, 2.05) is 0 Å². The van der Waals surface area contributed by atoms with Gasteiger partial charge in [-0.15, -0.1) is 0 Å². The molecule has 0 aliphatic heterocycles. The molecule has 1 aromatic carbocycles. The summed E-state index contributed by atoms with van der Waals surface area (Å²) in [6.07, 6.45) is -0.731. The number of aliphatic hydroxyl groups excluding tert-OH is 1. The normalized spacial score (nSPS) is 11.6. The fraction of sp³-hybridized carbons (Fsp3) is 0.316. The second-order valence-electron chi connectivity index (χ2n) is 6.13. The number of nitrogens with one attached hydrogen (secondary N) is 2. The first-order valence-electron chi connectivity index (χ1n) is 8.70. The van der Waals surface area contributed by atoms with Crippen molar-refractivity contribution >= 4 is 23.4 Å². The Labute approximate surface area is 171 Å². The molecule has 0 saturated carbocycles. The summed E-state index contributed by atoms with van der Waals surface area (Å²) in [6.45, 7) is 1.17. The number of carbonyl (C=O) groups excluding carboxylic acids is 2. The van der Waals surface area contributed by atoms with Crippen LogP contribution in [-0.2, 0) is 4.79 Å². The van der Waals surface area contributed by atoms with Crippen molar-refractivity contribution in [1.82, 2.24) is 15.6 Å². The zero-order valence-corrected chi connectivity index (χ0v) is 16.3. The van der Waals surface area contributed by atoms with Crippen LogP contribution in [0.1, 0.15) is 22.6 Å². The maximum atomic E-state index is 13.3. The molecule has 1 aromatic heterocycles. The lowest BCUT2D eigenvalue weighted by Gasteiger charge is -2.13. The van der Waals surface area contributed by atoms with E-state index in [0.717, 1.165) is 12.1 Å². The van der Waals surface area contributed by atoms with Crippen molar-refractivity contribution in [3.8, 4) is 5.75 Å². The van der Waals surface area contributed by atoms with Gasteiger partial charge in [0.2, 0.25) is 0 Å². The number of aromatic nitrogens is 1. The fourth-order valence-electron chi connectivity index (χ4n) is 2.21. The van der Waals surface area contributed by atoms with Gasteiger partial charge in [-0.05, 0) is 37.6 Å². The molecule has 2 amide bonds. The molecule has 156 valence electrons. The molecule has 0 aliphatic carbocycles. The fourth-order valence-corrected chi connectivity index (χ4v) is 2.33. The summed E-state index contributed by atoms with van der Waals surface area (Å²) in [5.41, 5.74) is 0.187. The zero-order valence-electron chi connectivity index (χ0n) is 15.5. The summed E-state index contributed by atoms with van der Waals surface area (Å²) in [5, 5.41) is 14.8. The Morgan fingerprint density at radius 1 is 1.21 bits per heavy atom. The molecule has 7 nitrogen and oxygen atoms in total. The summed E-state index contributed by atoms with van der Waals surface area (Å²) in [5.74, 6) is -2.01. The third-order valence-corrected chi connectivity index (χ3v) is 4.12. The van der Waals surface area contributed by atoms with Crippen LogP contribution in [-0.4, -0.2) is 47.7 Å². The molecule has 2 aromatic rings. The monoisotopic (exact) mass is 427 g/mol. The smallest absolute Gasteiger partial charge is 0.269 e. The number of amides is 2. The van der Waals surface area contributed by atoms with Crippen LogP contribution >= 0.6 is 11.6 Å². The second-order valence-corrected chi connectivity index (χ2v) is 6.54. The van der Waals surface area contributed by atoms with E-state index in [9.17, 15) is 23.5 Å². The summed E-state index contributed by atoms with van der Waals surface area (Å²) < 4.78 is 31.6. The van der Waals surface area contributed by atoms with Crippen molar-refractivity contribution in [3.05, 3.63) is 58.4 Å². The van der Waals surface area contributed by atoms with Crippen molar-refractivity contribution in [3.63, 3.8) is 0 Å². The quantitative estimate of drug-likeness (QED) is 0.568. The molecule has 0 radical (unpaired) electrons. The van der Waals surface area contributed by atoms with Gasteiger partial charge in [-0.2, -0.15) is 0 Å². The number of benzene rings is 1. The lowest BCUT2D eigenvalue weighted by atomic mass is 10.2. The lowest BCUT2D eigenvalue weighted by molar-refractivity contribution is -0.123. The third kappa shape index (κ3) is 7.28. The highest BCUT2D eigenvalue weighted by Crippen LogP contribution is 2.20. The minimum atomic E-state index is -0.907. The van der Waals surface area contributed by atoms with Crippen LogP contribution in [0.25, 0.3) is 0 Å². The summed E-state index contributed by atoms with van der Waals surface area (Å²) in [6, 6.07) is 6.21. The number of ether oxygens (including phenoxy) is 1. The molecule has 0 fully saturated rings. The Morgan fingerprint density at radius 2 is 1.97 bits per heavy atom. The van der Waals surface area contributed by atoms with Gasteiger partial charge in [0.25, 0.3) is 11.8 Å². The largest absolute Gasteiger partial charge is 0.484 e. The van der Waals surface area contributed by atoms with E-state index < -0.39 is 29.6 Å². The van der Waals surface area contributed by atoms with Crippen LogP contribution in [0, 0.1) is 18.6 Å². The number of nitrogens with zero attached hydrogens (tertiary/aromatic N) is 1. The SMILES string of the molecule is Cc1nc(C(=O)NCCC(O)CNC(=O)COc2ccc(Cl)c(F)c2)ccc1F. The van der Waals surface area contributed by atoms with Crippen LogP contribution in [0.4, 0.5) is 8.78 Å². The summed E-state index contributed by atoms with van der Waals surface area (Å²) in [4.78, 5) is 27.5. The average Bonchev–Trinajstić information content (AvgIpc) is 2.69. The first-order valence-corrected chi connectivity index (χ1v) is 9.08. The van der Waals surface area contributed by atoms with Crippen molar-refractivity contribution in [1.29, 1.82) is 0 Å². The van der Waals surface area contributed by atoms with Gasteiger partial charge < -0.3 is 20.5 Å². The number of halogens is 3. The van der Waals surface area contributed by atoms with Crippen LogP contribution in [0.2, 0.25) is 5.02 Å². The minimum Gasteiger partial charge on any atom is -0.484 e. The van der Waals surface area contributed by atoms with Crippen molar-refractivity contribution in [2.75, 3.05) is 19.7 Å². The maximum absolute atomic E-state index is 13.3. The van der Waals surface area contributed by atoms with Gasteiger partial charge in [0.1, 0.15) is 23.1 Å². The molecule has 0 aliphatic rings. The van der Waals surface area contributed by atoms with E-state index in [-0.39, 0.29) is 48.3 Å². The number of hydrogen-bond acceptors (Lipinski definition) is 5. The van der Waals surface area contributed by atoms with Crippen molar-refractivity contribution < 1.29 is 28.2 Å². The Kier molecular flexibility index (Phi) is 8.29. The number of pyridine rings is 1. The topological polar surface area (TPSA) is 101 Å². The average molecular weight is 428 g/mol. The number of aryl methyl sites for hydroxylation is 1. The molecule has 0 saturated heterocycles. The van der Waals surface area contributed by atoms with E-state index in [1.54, 1.807) is 0 Å². The molecule has 1 heterocycles. The van der Waals surface area contributed by atoms with Crippen molar-refractivity contribution in [2.24, 2.45) is 0 Å². The zero-order chi connectivity index (χ0) is 21.4. The van der Waals surface area contributed by atoms with Crippen LogP contribution in [0.15, 0.2) is 30.3 Å². The summed E-state index contributed by atoms with van der Waals surface area (Å²) in [7, 11) is 0. The first kappa shape index (κ1) is 22.5. The molecule has 3 N–H and O–H groups in total. The van der Waals surface area contributed by atoms with Crippen LogP contribution < -0.4 is 15.4 Å². The molecular formula is C19H20ClF2N3O4. The number of carbonyl (C=O) groups is 2. The van der Waals surface area contributed by atoms with Gasteiger partial charge in [0, 0.05) is 19.2 Å². The van der Waals surface area contributed by atoms with Crippen molar-refractivity contribution in [2.45, 2.75) is 19.4 Å². The van der Waals surface area contributed by atoms with Gasteiger partial charge in [0.15, 0.2) is 6.61 Å². The third-order valence-electron chi connectivity index (χ3n) is 3.81. The maximum Gasteiger partial charge on any atom is 0.269 e. The molecule has 2 rings (SSSR count). The highest BCUT2D eigenvalue weighted by atomic mass is 35.5. The standard InChI is InChI=1S/C19H20ClF2N3O4/c1-11-15(21)4-5-17(25-11)19(28)23-7-6-12(26)9-24-18(27)10-29-13-2-3-14(20)16(22)8-13/h2-5,8,12,26H,6-7,9-10H2,1H3,(H,23,28)(H,24,27). The van der Waals surface area contributed by atoms with Gasteiger partial charge in [0.05, 0.1) is 16.8 Å². The molecular weight excluding hydrogens is 408 g/mol. The highest BCUT2D eigenvalue weighted by molar-refractivity contribution is 6.30. The van der Waals surface area contributed by atoms with Gasteiger partial charge in [-0.1, -0.05) is 11.6 Å². The second kappa shape index (κ2) is 10.7. The van der Waals surface area contributed by atoms with Crippen LogP contribution in [0.5, 0.6) is 5.75 Å². The van der Waals surface area contributed by atoms with E-state index in [1.165, 1.54) is 25.1 Å². The molecule has 29 heavy (non-hydrogen) atoms. The first-order chi connectivity index (χ1) is 13.8. The number of rotatable bonds is 9. The van der Waals surface area contributed by atoms with E-state index in [2.05, 4.69) is 15.6 Å². The van der Waals surface area contributed by atoms with Gasteiger partial charge in [-0.3, -0.25) is 9.59 Å². The molecule has 0 spiro atoms. The van der Waals surface area contributed by atoms with Gasteiger partial charge >= 0.3 is 0 Å². The van der Waals surface area contributed by atoms with Gasteiger partial charge in [-0.25, -0.2) is 13.8 Å². The minimum absolute atomic E-state index is 0.0534. The van der Waals surface area contributed by atoms with Crippen LogP contribution in [0.3, 0.4) is 0 Å². The molecule has 0 bridgehead atoms. The summed E-state index contributed by atoms with van der Waals surface area (Å²) >= 11 is 5.55. The number of aliphatic hydroxyl groups is 1. The van der Waals surface area contributed by atoms with E-state index in [4.69, 9.17) is 16.3 Å². The molecule has 1 unspecified atom stereocenters. The lowest BCUT2D eigenvalue weighted by Crippen LogP contribution is -2.37. The highest BCUT2D eigenvalue weighted by Gasteiger charge is 2.12. The number of hydrogen-bond donors (Lipinski definition) is 3. The van der Waals surface area contributed by atoms with E-state index >= 15 is 0 Å². The molecule has 10 heteroatoms. The molecule has 1 atom stereocenters. The predicted octanol–water partition coefficient (Wildman–Crippen LogP) is 2.00. The Morgan fingerprint density at radius 3 is 2.66 bits per heavy atom. The Balaban J connectivity index is 1.65. The van der Waals surface area contributed by atoms with E-state index in [0.29, 0.717) is 0 Å². The Bertz CT molecular complexity index is 883.